The number of hydrogen-bond acceptors (Lipinski definition) is 4. The number of amides is 1. The van der Waals surface area contributed by atoms with E-state index in [1.54, 1.807) is 12.1 Å². The summed E-state index contributed by atoms with van der Waals surface area (Å²) in [4.78, 5) is 17.1. The minimum Gasteiger partial charge on any atom is -0.494 e. The average molecular weight is 400 g/mol. The standard InChI is InChI=1S/C25H24N2O3/c1-4-13-29-21-11-7-18(8-12-21)24(28)26-20-9-5-19(6-10-20)25-27-22-15-16(2)14-17(3)23(22)30-25/h5-12,14-15H,4,13H2,1-3H3,(H,26,28). The number of ether oxygens (including phenoxy) is 1. The molecule has 4 aromatic rings. The van der Waals surface area contributed by atoms with Gasteiger partial charge in [0.1, 0.15) is 11.3 Å². The van der Waals surface area contributed by atoms with Crippen LogP contribution in [0.1, 0.15) is 34.8 Å². The van der Waals surface area contributed by atoms with Crippen LogP contribution in [0.5, 0.6) is 5.75 Å². The van der Waals surface area contributed by atoms with Crippen molar-refractivity contribution in [1.82, 2.24) is 4.98 Å². The van der Waals surface area contributed by atoms with Crippen molar-refractivity contribution in [2.45, 2.75) is 27.2 Å². The number of nitrogens with one attached hydrogen (secondary N) is 1. The van der Waals surface area contributed by atoms with Gasteiger partial charge in [-0.3, -0.25) is 4.79 Å². The molecule has 4 rings (SSSR count). The van der Waals surface area contributed by atoms with Crippen LogP contribution in [0.15, 0.2) is 65.1 Å². The first-order valence-corrected chi connectivity index (χ1v) is 10.1. The number of oxazole rings is 1. The van der Waals surface area contributed by atoms with Crippen LogP contribution in [-0.2, 0) is 0 Å². The van der Waals surface area contributed by atoms with E-state index < -0.39 is 0 Å². The Balaban J connectivity index is 1.47. The van der Waals surface area contributed by atoms with Gasteiger partial charge < -0.3 is 14.5 Å². The topological polar surface area (TPSA) is 64.4 Å². The summed E-state index contributed by atoms with van der Waals surface area (Å²) >= 11 is 0. The second-order valence-electron chi connectivity index (χ2n) is 7.35. The van der Waals surface area contributed by atoms with Crippen molar-refractivity contribution in [3.05, 3.63) is 77.4 Å². The van der Waals surface area contributed by atoms with Gasteiger partial charge in [0.15, 0.2) is 5.58 Å². The summed E-state index contributed by atoms with van der Waals surface area (Å²) in [5.74, 6) is 1.17. The number of aryl methyl sites for hydroxylation is 2. The molecule has 0 fully saturated rings. The minimum atomic E-state index is -0.169. The van der Waals surface area contributed by atoms with Gasteiger partial charge in [0.25, 0.3) is 5.91 Å². The van der Waals surface area contributed by atoms with E-state index in [0.29, 0.717) is 23.7 Å². The van der Waals surface area contributed by atoms with Crippen molar-refractivity contribution in [1.29, 1.82) is 0 Å². The van der Waals surface area contributed by atoms with E-state index in [2.05, 4.69) is 23.3 Å². The summed E-state index contributed by atoms with van der Waals surface area (Å²) in [5.41, 5.74) is 6.02. The Kier molecular flexibility index (Phi) is 5.53. The fourth-order valence-corrected chi connectivity index (χ4v) is 3.32. The maximum atomic E-state index is 12.5. The third kappa shape index (κ3) is 4.20. The molecule has 0 saturated carbocycles. The molecule has 0 aliphatic heterocycles. The zero-order chi connectivity index (χ0) is 21.1. The van der Waals surface area contributed by atoms with Crippen LogP contribution in [0.2, 0.25) is 0 Å². The van der Waals surface area contributed by atoms with Gasteiger partial charge in [-0.15, -0.1) is 0 Å². The molecule has 1 heterocycles. The third-order valence-electron chi connectivity index (χ3n) is 4.80. The predicted molar refractivity (Wildman–Crippen MR) is 119 cm³/mol. The molecule has 0 aliphatic rings. The number of carbonyl (C=O) groups is 1. The lowest BCUT2D eigenvalue weighted by atomic mass is 10.1. The Morgan fingerprint density at radius 3 is 2.47 bits per heavy atom. The molecule has 0 aliphatic carbocycles. The first-order valence-electron chi connectivity index (χ1n) is 10.1. The highest BCUT2D eigenvalue weighted by Gasteiger charge is 2.12. The second kappa shape index (κ2) is 8.41. The highest BCUT2D eigenvalue weighted by atomic mass is 16.5. The normalized spacial score (nSPS) is 10.9. The van der Waals surface area contributed by atoms with Gasteiger partial charge in [0, 0.05) is 16.8 Å². The van der Waals surface area contributed by atoms with Crippen LogP contribution < -0.4 is 10.1 Å². The van der Waals surface area contributed by atoms with Gasteiger partial charge in [-0.25, -0.2) is 4.98 Å². The zero-order valence-corrected chi connectivity index (χ0v) is 17.4. The second-order valence-corrected chi connectivity index (χ2v) is 7.35. The summed E-state index contributed by atoms with van der Waals surface area (Å²) in [6.45, 7) is 6.78. The molecule has 0 radical (unpaired) electrons. The monoisotopic (exact) mass is 400 g/mol. The van der Waals surface area contributed by atoms with Gasteiger partial charge in [0.05, 0.1) is 6.61 Å². The number of fused-ring (bicyclic) bond motifs is 1. The van der Waals surface area contributed by atoms with Crippen molar-refractivity contribution in [3.8, 4) is 17.2 Å². The van der Waals surface area contributed by atoms with Gasteiger partial charge in [-0.1, -0.05) is 13.0 Å². The fourth-order valence-electron chi connectivity index (χ4n) is 3.32. The van der Waals surface area contributed by atoms with Crippen molar-refractivity contribution in [2.24, 2.45) is 0 Å². The average Bonchev–Trinajstić information content (AvgIpc) is 3.17. The molecule has 3 aromatic carbocycles. The van der Waals surface area contributed by atoms with Crippen molar-refractivity contribution in [2.75, 3.05) is 11.9 Å². The van der Waals surface area contributed by atoms with E-state index in [0.717, 1.165) is 40.0 Å². The predicted octanol–water partition coefficient (Wildman–Crippen LogP) is 6.15. The van der Waals surface area contributed by atoms with E-state index >= 15 is 0 Å². The zero-order valence-electron chi connectivity index (χ0n) is 17.4. The number of nitrogens with zero attached hydrogens (tertiary/aromatic N) is 1. The number of rotatable bonds is 6. The number of benzene rings is 3. The van der Waals surface area contributed by atoms with Gasteiger partial charge in [0.2, 0.25) is 5.89 Å². The van der Waals surface area contributed by atoms with Crippen molar-refractivity contribution in [3.63, 3.8) is 0 Å². The molecule has 1 amide bonds. The Morgan fingerprint density at radius 2 is 1.77 bits per heavy atom. The molecule has 30 heavy (non-hydrogen) atoms. The SMILES string of the molecule is CCCOc1ccc(C(=O)Nc2ccc(-c3nc4cc(C)cc(C)c4o3)cc2)cc1. The molecule has 152 valence electrons. The Morgan fingerprint density at radius 1 is 1.03 bits per heavy atom. The summed E-state index contributed by atoms with van der Waals surface area (Å²) in [6, 6.07) is 18.7. The van der Waals surface area contributed by atoms with Gasteiger partial charge in [-0.2, -0.15) is 0 Å². The fraction of sp³-hybridized carbons (Fsp3) is 0.200. The van der Waals surface area contributed by atoms with E-state index in [1.165, 1.54) is 0 Å². The summed E-state index contributed by atoms with van der Waals surface area (Å²) < 4.78 is 11.5. The molecule has 0 atom stereocenters. The molecule has 0 saturated heterocycles. The molecule has 5 heteroatoms. The van der Waals surface area contributed by atoms with Crippen LogP contribution in [0.4, 0.5) is 5.69 Å². The first-order chi connectivity index (χ1) is 14.5. The molecule has 0 unspecified atom stereocenters. The molecular weight excluding hydrogens is 376 g/mol. The number of aromatic nitrogens is 1. The number of hydrogen-bond donors (Lipinski definition) is 1. The van der Waals surface area contributed by atoms with Crippen LogP contribution in [0.25, 0.3) is 22.6 Å². The summed E-state index contributed by atoms with van der Waals surface area (Å²) in [5, 5.41) is 2.91. The molecule has 1 aromatic heterocycles. The summed E-state index contributed by atoms with van der Waals surface area (Å²) in [7, 11) is 0. The molecule has 0 spiro atoms. The number of carbonyl (C=O) groups excluding carboxylic acids is 1. The van der Waals surface area contributed by atoms with E-state index in [-0.39, 0.29) is 5.91 Å². The molecule has 1 N–H and O–H groups in total. The van der Waals surface area contributed by atoms with Gasteiger partial charge >= 0.3 is 0 Å². The minimum absolute atomic E-state index is 0.169. The number of anilines is 1. The van der Waals surface area contributed by atoms with Crippen LogP contribution in [-0.4, -0.2) is 17.5 Å². The smallest absolute Gasteiger partial charge is 0.255 e. The highest BCUT2D eigenvalue weighted by Crippen LogP contribution is 2.28. The maximum absolute atomic E-state index is 12.5. The van der Waals surface area contributed by atoms with Crippen LogP contribution in [0, 0.1) is 13.8 Å². The van der Waals surface area contributed by atoms with E-state index in [4.69, 9.17) is 9.15 Å². The lowest BCUT2D eigenvalue weighted by Crippen LogP contribution is -2.11. The first kappa shape index (κ1) is 19.7. The molecular formula is C25H24N2O3. The van der Waals surface area contributed by atoms with E-state index in [9.17, 15) is 4.79 Å². The molecule has 5 nitrogen and oxygen atoms in total. The highest BCUT2D eigenvalue weighted by molar-refractivity contribution is 6.04. The third-order valence-corrected chi connectivity index (χ3v) is 4.80. The van der Waals surface area contributed by atoms with E-state index in [1.807, 2.05) is 56.3 Å². The lowest BCUT2D eigenvalue weighted by Gasteiger charge is -2.07. The maximum Gasteiger partial charge on any atom is 0.255 e. The Bertz CT molecular complexity index is 1180. The Hall–Kier alpha value is -3.60. The Labute approximate surface area is 175 Å². The van der Waals surface area contributed by atoms with Crippen molar-refractivity contribution >= 4 is 22.7 Å². The van der Waals surface area contributed by atoms with Gasteiger partial charge in [-0.05, 0) is 86.0 Å². The largest absolute Gasteiger partial charge is 0.494 e. The van der Waals surface area contributed by atoms with Crippen molar-refractivity contribution < 1.29 is 13.9 Å². The quantitative estimate of drug-likeness (QED) is 0.421. The van der Waals surface area contributed by atoms with Crippen LogP contribution in [0.3, 0.4) is 0 Å². The molecule has 0 bridgehead atoms. The lowest BCUT2D eigenvalue weighted by molar-refractivity contribution is 0.102. The van der Waals surface area contributed by atoms with Crippen LogP contribution >= 0.6 is 0 Å². The summed E-state index contributed by atoms with van der Waals surface area (Å²) in [6.07, 6.45) is 0.945.